The second kappa shape index (κ2) is 5.55. The van der Waals surface area contributed by atoms with E-state index in [2.05, 4.69) is 29.2 Å². The third-order valence-corrected chi connectivity index (χ3v) is 4.39. The van der Waals surface area contributed by atoms with E-state index in [9.17, 15) is 0 Å². The Morgan fingerprint density at radius 1 is 0.842 bits per heavy atom. The maximum absolute atomic E-state index is 5.94. The van der Waals surface area contributed by atoms with Crippen LogP contribution in [-0.4, -0.2) is 4.98 Å². The molecule has 3 rings (SSSR count). The first kappa shape index (κ1) is 12.4. The molecular weight excluding hydrogens is 274 g/mol. The molecule has 3 aromatic rings. The highest BCUT2D eigenvalue weighted by Gasteiger charge is 2.13. The lowest BCUT2D eigenvalue weighted by atomic mass is 10.1. The molecule has 0 unspecified atom stereocenters. The Hall–Kier alpha value is -1.64. The highest BCUT2D eigenvalue weighted by Crippen LogP contribution is 2.37. The van der Waals surface area contributed by atoms with Crippen molar-refractivity contribution in [1.29, 1.82) is 0 Å². The van der Waals surface area contributed by atoms with Crippen molar-refractivity contribution in [3.05, 3.63) is 65.7 Å². The Bertz CT molecular complexity index is 605. The van der Waals surface area contributed by atoms with Crippen molar-refractivity contribution in [2.75, 3.05) is 0 Å². The number of aromatic nitrogens is 1. The molecule has 0 bridgehead atoms. The molecule has 0 radical (unpaired) electrons. The Kier molecular flexibility index (Phi) is 3.62. The Balaban J connectivity index is 2.17. The predicted molar refractivity (Wildman–Crippen MR) is 82.5 cm³/mol. The summed E-state index contributed by atoms with van der Waals surface area (Å²) in [5.41, 5.74) is 3.34. The molecule has 0 saturated carbocycles. The van der Waals surface area contributed by atoms with E-state index in [1.54, 1.807) is 11.3 Å². The van der Waals surface area contributed by atoms with E-state index in [0.717, 1.165) is 16.3 Å². The van der Waals surface area contributed by atoms with Crippen molar-refractivity contribution < 1.29 is 0 Å². The number of alkyl halides is 1. The molecule has 0 amide bonds. The second-order valence-corrected chi connectivity index (χ2v) is 5.50. The number of halogens is 1. The van der Waals surface area contributed by atoms with Gasteiger partial charge in [-0.3, -0.25) is 0 Å². The van der Waals surface area contributed by atoms with Crippen molar-refractivity contribution in [2.45, 2.75) is 5.88 Å². The molecule has 94 valence electrons. The van der Waals surface area contributed by atoms with Crippen molar-refractivity contribution in [1.82, 2.24) is 4.98 Å². The zero-order chi connectivity index (χ0) is 13.1. The minimum absolute atomic E-state index is 0.456. The van der Waals surface area contributed by atoms with E-state index < -0.39 is 0 Å². The van der Waals surface area contributed by atoms with Gasteiger partial charge in [-0.2, -0.15) is 0 Å². The smallest absolute Gasteiger partial charge is 0.109 e. The highest BCUT2D eigenvalue weighted by molar-refractivity contribution is 7.15. The van der Waals surface area contributed by atoms with Gasteiger partial charge >= 0.3 is 0 Å². The van der Waals surface area contributed by atoms with Gasteiger partial charge < -0.3 is 0 Å². The quantitative estimate of drug-likeness (QED) is 0.602. The Morgan fingerprint density at radius 3 is 2.00 bits per heavy atom. The molecule has 0 aliphatic carbocycles. The van der Waals surface area contributed by atoms with Crippen LogP contribution >= 0.6 is 22.9 Å². The van der Waals surface area contributed by atoms with Gasteiger partial charge in [0.1, 0.15) is 5.01 Å². The Labute approximate surface area is 121 Å². The summed E-state index contributed by atoms with van der Waals surface area (Å²) in [6.45, 7) is 0. The number of rotatable bonds is 3. The maximum atomic E-state index is 5.94. The predicted octanol–water partition coefficient (Wildman–Crippen LogP) is 5.22. The molecule has 1 nitrogen and oxygen atoms in total. The van der Waals surface area contributed by atoms with Gasteiger partial charge in [0.05, 0.1) is 16.5 Å². The van der Waals surface area contributed by atoms with Gasteiger partial charge in [-0.05, 0) is 5.56 Å². The topological polar surface area (TPSA) is 12.9 Å². The van der Waals surface area contributed by atoms with E-state index in [1.807, 2.05) is 36.4 Å². The van der Waals surface area contributed by atoms with Gasteiger partial charge in [0, 0.05) is 5.56 Å². The minimum Gasteiger partial charge on any atom is -0.239 e. The van der Waals surface area contributed by atoms with Gasteiger partial charge in [-0.1, -0.05) is 60.7 Å². The summed E-state index contributed by atoms with van der Waals surface area (Å²) in [5.74, 6) is 0.456. The van der Waals surface area contributed by atoms with E-state index in [-0.39, 0.29) is 0 Å². The molecule has 1 heterocycles. The molecule has 2 aromatic carbocycles. The van der Waals surface area contributed by atoms with Gasteiger partial charge in [0.15, 0.2) is 0 Å². The van der Waals surface area contributed by atoms with Crippen LogP contribution in [0.3, 0.4) is 0 Å². The lowest BCUT2D eigenvalue weighted by Gasteiger charge is -2.02. The molecule has 0 aliphatic heterocycles. The fourth-order valence-electron chi connectivity index (χ4n) is 2.00. The van der Waals surface area contributed by atoms with Crippen molar-refractivity contribution in [3.63, 3.8) is 0 Å². The van der Waals surface area contributed by atoms with Crippen molar-refractivity contribution in [3.8, 4) is 21.7 Å². The molecule has 19 heavy (non-hydrogen) atoms. The van der Waals surface area contributed by atoms with Crippen LogP contribution in [0.15, 0.2) is 60.7 Å². The van der Waals surface area contributed by atoms with Crippen LogP contribution in [0.4, 0.5) is 0 Å². The summed E-state index contributed by atoms with van der Waals surface area (Å²) in [6.07, 6.45) is 0. The third-order valence-electron chi connectivity index (χ3n) is 2.87. The van der Waals surface area contributed by atoms with Gasteiger partial charge in [0.2, 0.25) is 0 Å². The van der Waals surface area contributed by atoms with E-state index >= 15 is 0 Å². The SMILES string of the molecule is ClCc1nc(-c2ccccc2)c(-c2ccccc2)s1. The lowest BCUT2D eigenvalue weighted by molar-refractivity contribution is 1.26. The van der Waals surface area contributed by atoms with Gasteiger partial charge in [-0.25, -0.2) is 4.98 Å². The van der Waals surface area contributed by atoms with E-state index in [1.165, 1.54) is 10.4 Å². The number of hydrogen-bond donors (Lipinski definition) is 0. The third kappa shape index (κ3) is 2.55. The standard InChI is InChI=1S/C16H12ClNS/c17-11-14-18-15(12-7-3-1-4-8-12)16(19-14)13-9-5-2-6-10-13/h1-10H,11H2. The fourth-order valence-corrected chi connectivity index (χ4v) is 3.16. The first-order chi connectivity index (χ1) is 9.38. The maximum Gasteiger partial charge on any atom is 0.109 e. The van der Waals surface area contributed by atoms with E-state index in [4.69, 9.17) is 11.6 Å². The van der Waals surface area contributed by atoms with Crippen molar-refractivity contribution >= 4 is 22.9 Å². The molecule has 1 aromatic heterocycles. The van der Waals surface area contributed by atoms with Gasteiger partial charge in [0.25, 0.3) is 0 Å². The molecule has 0 aliphatic rings. The minimum atomic E-state index is 0.456. The monoisotopic (exact) mass is 285 g/mol. The van der Waals surface area contributed by atoms with Crippen LogP contribution in [0.25, 0.3) is 21.7 Å². The lowest BCUT2D eigenvalue weighted by Crippen LogP contribution is -1.82. The largest absolute Gasteiger partial charge is 0.239 e. The number of hydrogen-bond acceptors (Lipinski definition) is 2. The van der Waals surface area contributed by atoms with Crippen LogP contribution in [-0.2, 0) is 5.88 Å². The second-order valence-electron chi connectivity index (χ2n) is 4.15. The summed E-state index contributed by atoms with van der Waals surface area (Å²) in [7, 11) is 0. The zero-order valence-electron chi connectivity index (χ0n) is 10.2. The van der Waals surface area contributed by atoms with Crippen LogP contribution < -0.4 is 0 Å². The van der Waals surface area contributed by atoms with Crippen LogP contribution in [0, 0.1) is 0 Å². The molecule has 0 N–H and O–H groups in total. The van der Waals surface area contributed by atoms with Crippen LogP contribution in [0.5, 0.6) is 0 Å². The average molecular weight is 286 g/mol. The molecular formula is C16H12ClNS. The number of nitrogens with zero attached hydrogens (tertiary/aromatic N) is 1. The number of thiazole rings is 1. The first-order valence-corrected chi connectivity index (χ1v) is 7.40. The zero-order valence-corrected chi connectivity index (χ0v) is 11.8. The van der Waals surface area contributed by atoms with E-state index in [0.29, 0.717) is 5.88 Å². The first-order valence-electron chi connectivity index (χ1n) is 6.05. The highest BCUT2D eigenvalue weighted by atomic mass is 35.5. The molecule has 3 heteroatoms. The van der Waals surface area contributed by atoms with Gasteiger partial charge in [-0.15, -0.1) is 22.9 Å². The average Bonchev–Trinajstić information content (AvgIpc) is 2.93. The summed E-state index contributed by atoms with van der Waals surface area (Å²) in [6, 6.07) is 20.6. The molecule has 0 saturated heterocycles. The summed E-state index contributed by atoms with van der Waals surface area (Å²) in [5, 5.41) is 0.958. The Morgan fingerprint density at radius 2 is 1.42 bits per heavy atom. The molecule has 0 fully saturated rings. The molecule has 0 atom stereocenters. The van der Waals surface area contributed by atoms with Crippen LogP contribution in [0.1, 0.15) is 5.01 Å². The normalized spacial score (nSPS) is 10.6. The molecule has 0 spiro atoms. The summed E-state index contributed by atoms with van der Waals surface area (Å²) in [4.78, 5) is 5.84. The van der Waals surface area contributed by atoms with Crippen LogP contribution in [0.2, 0.25) is 0 Å². The van der Waals surface area contributed by atoms with Crippen molar-refractivity contribution in [2.24, 2.45) is 0 Å². The fraction of sp³-hybridized carbons (Fsp3) is 0.0625. The summed E-state index contributed by atoms with van der Waals surface area (Å²) >= 11 is 7.60. The number of benzene rings is 2. The summed E-state index contributed by atoms with van der Waals surface area (Å²) < 4.78 is 0.